The molecule has 1 aromatic carbocycles. The van der Waals surface area contributed by atoms with E-state index in [4.69, 9.17) is 5.11 Å². The Morgan fingerprint density at radius 1 is 1.24 bits per heavy atom. The number of alkyl halides is 3. The van der Waals surface area contributed by atoms with E-state index in [0.717, 1.165) is 31.2 Å². The van der Waals surface area contributed by atoms with Gasteiger partial charge in [0.1, 0.15) is 5.82 Å². The molecule has 4 nitrogen and oxygen atoms in total. The zero-order valence-corrected chi connectivity index (χ0v) is 12.8. The molecule has 1 aliphatic rings. The fraction of sp³-hybridized carbons (Fsp3) is 0.294. The second-order valence-corrected chi connectivity index (χ2v) is 5.87. The summed E-state index contributed by atoms with van der Waals surface area (Å²) >= 11 is 0. The van der Waals surface area contributed by atoms with Gasteiger partial charge in [-0.05, 0) is 37.1 Å². The molecule has 0 bridgehead atoms. The molecule has 2 aromatic rings. The number of halogens is 4. The molecule has 1 aliphatic carbocycles. The number of rotatable bonds is 4. The van der Waals surface area contributed by atoms with Gasteiger partial charge >= 0.3 is 6.18 Å². The molecule has 1 unspecified atom stereocenters. The maximum absolute atomic E-state index is 14.2. The van der Waals surface area contributed by atoms with Gasteiger partial charge in [-0.25, -0.2) is 4.39 Å². The van der Waals surface area contributed by atoms with Crippen LogP contribution in [0.3, 0.4) is 0 Å². The van der Waals surface area contributed by atoms with Crippen molar-refractivity contribution in [3.63, 3.8) is 0 Å². The van der Waals surface area contributed by atoms with Crippen LogP contribution < -0.4 is 5.32 Å². The monoisotopic (exact) mass is 354 g/mol. The zero-order valence-electron chi connectivity index (χ0n) is 12.8. The van der Waals surface area contributed by atoms with Crippen molar-refractivity contribution in [2.45, 2.75) is 25.1 Å². The lowest BCUT2D eigenvalue weighted by Gasteiger charge is -2.14. The van der Waals surface area contributed by atoms with Crippen LogP contribution >= 0.6 is 0 Å². The molecule has 1 heterocycles. The number of anilines is 1. The van der Waals surface area contributed by atoms with E-state index in [0.29, 0.717) is 5.69 Å². The van der Waals surface area contributed by atoms with Crippen LogP contribution in [0, 0.1) is 11.7 Å². The number of aliphatic hydroxyl groups excluding tert-OH is 1. The highest BCUT2D eigenvalue weighted by atomic mass is 19.4. The molecule has 1 saturated carbocycles. The molecule has 132 valence electrons. The van der Waals surface area contributed by atoms with Gasteiger partial charge in [-0.2, -0.15) is 13.2 Å². The van der Waals surface area contributed by atoms with E-state index in [1.807, 2.05) is 0 Å². The number of benzene rings is 1. The first-order valence-corrected chi connectivity index (χ1v) is 7.57. The number of carbonyl (C=O) groups is 1. The summed E-state index contributed by atoms with van der Waals surface area (Å²) in [5.41, 5.74) is 0.140. The molecular weight excluding hydrogens is 340 g/mol. The van der Waals surface area contributed by atoms with Gasteiger partial charge in [-0.1, -0.05) is 6.07 Å². The van der Waals surface area contributed by atoms with Crippen molar-refractivity contribution in [2.24, 2.45) is 5.92 Å². The van der Waals surface area contributed by atoms with Gasteiger partial charge in [-0.3, -0.25) is 9.78 Å². The molecule has 1 fully saturated rings. The number of aliphatic hydroxyl groups is 1. The van der Waals surface area contributed by atoms with Gasteiger partial charge in [0.2, 0.25) is 5.91 Å². The Morgan fingerprint density at radius 2 is 1.96 bits per heavy atom. The number of nitrogens with one attached hydrogen (secondary N) is 1. The lowest BCUT2D eigenvalue weighted by atomic mass is 10.1. The van der Waals surface area contributed by atoms with E-state index in [2.05, 4.69) is 10.3 Å². The van der Waals surface area contributed by atoms with Crippen molar-refractivity contribution in [2.75, 3.05) is 5.32 Å². The first-order valence-electron chi connectivity index (χ1n) is 7.57. The Bertz CT molecular complexity index is 786. The molecule has 1 atom stereocenters. The quantitative estimate of drug-likeness (QED) is 0.821. The number of pyridine rings is 1. The molecule has 0 spiro atoms. The highest BCUT2D eigenvalue weighted by Gasteiger charge is 2.40. The standard InChI is InChI=1S/C17H14F4N2O2/c18-13-7-11(23-16(25)9-1-2-9)4-5-12(13)10-3-6-14(22-8-10)15(24)17(19,20)21/h3-9,15,24H,1-2H2,(H,23,25). The summed E-state index contributed by atoms with van der Waals surface area (Å²) in [6.45, 7) is 0. The van der Waals surface area contributed by atoms with Crippen molar-refractivity contribution in [1.29, 1.82) is 0 Å². The summed E-state index contributed by atoms with van der Waals surface area (Å²) < 4.78 is 51.6. The highest BCUT2D eigenvalue weighted by Crippen LogP contribution is 2.33. The van der Waals surface area contributed by atoms with Gasteiger partial charge in [0.05, 0.1) is 5.69 Å². The van der Waals surface area contributed by atoms with Crippen molar-refractivity contribution >= 4 is 11.6 Å². The minimum Gasteiger partial charge on any atom is -0.378 e. The molecule has 1 amide bonds. The predicted octanol–water partition coefficient (Wildman–Crippen LogP) is 3.83. The van der Waals surface area contributed by atoms with Gasteiger partial charge in [0, 0.05) is 28.9 Å². The number of amides is 1. The molecule has 2 N–H and O–H groups in total. The normalized spacial score (nSPS) is 15.7. The van der Waals surface area contributed by atoms with Crippen LogP contribution in [0.15, 0.2) is 36.5 Å². The summed E-state index contributed by atoms with van der Waals surface area (Å²) in [4.78, 5) is 15.2. The van der Waals surface area contributed by atoms with E-state index in [1.54, 1.807) is 0 Å². The summed E-state index contributed by atoms with van der Waals surface area (Å²) in [5.74, 6) is -0.807. The minimum atomic E-state index is -4.82. The molecular formula is C17H14F4N2O2. The van der Waals surface area contributed by atoms with E-state index in [9.17, 15) is 22.4 Å². The summed E-state index contributed by atoms with van der Waals surface area (Å²) in [7, 11) is 0. The summed E-state index contributed by atoms with van der Waals surface area (Å²) in [5, 5.41) is 11.8. The molecule has 0 radical (unpaired) electrons. The maximum atomic E-state index is 14.2. The number of hydrogen-bond acceptors (Lipinski definition) is 3. The van der Waals surface area contributed by atoms with E-state index in [1.165, 1.54) is 18.2 Å². The molecule has 1 aromatic heterocycles. The molecule has 0 saturated heterocycles. The SMILES string of the molecule is O=C(Nc1ccc(-c2ccc(C(O)C(F)(F)F)nc2)c(F)c1)C1CC1. The van der Waals surface area contributed by atoms with Crippen molar-refractivity contribution in [3.05, 3.63) is 48.0 Å². The smallest absolute Gasteiger partial charge is 0.378 e. The first kappa shape index (κ1) is 17.3. The third-order valence-electron chi connectivity index (χ3n) is 3.87. The first-order chi connectivity index (χ1) is 11.8. The molecule has 3 rings (SSSR count). The van der Waals surface area contributed by atoms with E-state index >= 15 is 0 Å². The number of carbonyl (C=O) groups excluding carboxylic acids is 1. The lowest BCUT2D eigenvalue weighted by Crippen LogP contribution is -2.21. The number of nitrogens with zero attached hydrogens (tertiary/aromatic N) is 1. The van der Waals surface area contributed by atoms with Crippen LogP contribution in [0.25, 0.3) is 11.1 Å². The Kier molecular flexibility index (Phi) is 4.47. The number of hydrogen-bond donors (Lipinski definition) is 2. The Labute approximate surface area is 140 Å². The average molecular weight is 354 g/mol. The topological polar surface area (TPSA) is 62.2 Å². The zero-order chi connectivity index (χ0) is 18.2. The van der Waals surface area contributed by atoms with E-state index < -0.39 is 23.8 Å². The van der Waals surface area contributed by atoms with Crippen LogP contribution in [0.4, 0.5) is 23.2 Å². The minimum absolute atomic E-state index is 0.0143. The van der Waals surface area contributed by atoms with Gasteiger partial charge in [0.15, 0.2) is 6.10 Å². The second-order valence-electron chi connectivity index (χ2n) is 5.87. The Balaban J connectivity index is 1.78. The second kappa shape index (κ2) is 6.44. The van der Waals surface area contributed by atoms with Gasteiger partial charge < -0.3 is 10.4 Å². The molecule has 8 heteroatoms. The van der Waals surface area contributed by atoms with Crippen LogP contribution in [0.1, 0.15) is 24.6 Å². The van der Waals surface area contributed by atoms with Crippen LogP contribution in [-0.4, -0.2) is 22.2 Å². The fourth-order valence-electron chi connectivity index (χ4n) is 2.31. The molecule has 25 heavy (non-hydrogen) atoms. The van der Waals surface area contributed by atoms with Crippen molar-refractivity contribution < 1.29 is 27.5 Å². The largest absolute Gasteiger partial charge is 0.420 e. The maximum Gasteiger partial charge on any atom is 0.420 e. The molecule has 0 aliphatic heterocycles. The van der Waals surface area contributed by atoms with Crippen LogP contribution in [0.2, 0.25) is 0 Å². The van der Waals surface area contributed by atoms with Crippen LogP contribution in [-0.2, 0) is 4.79 Å². The van der Waals surface area contributed by atoms with E-state index in [-0.39, 0.29) is 23.0 Å². The van der Waals surface area contributed by atoms with Crippen molar-refractivity contribution in [1.82, 2.24) is 4.98 Å². The third-order valence-corrected chi connectivity index (χ3v) is 3.87. The van der Waals surface area contributed by atoms with Gasteiger partial charge in [0.25, 0.3) is 0 Å². The predicted molar refractivity (Wildman–Crippen MR) is 82.0 cm³/mol. The van der Waals surface area contributed by atoms with Crippen molar-refractivity contribution in [3.8, 4) is 11.1 Å². The Hall–Kier alpha value is -2.48. The van der Waals surface area contributed by atoms with Gasteiger partial charge in [-0.15, -0.1) is 0 Å². The van der Waals surface area contributed by atoms with Crippen LogP contribution in [0.5, 0.6) is 0 Å². The number of aromatic nitrogens is 1. The summed E-state index contributed by atoms with van der Waals surface area (Å²) in [6.07, 6.45) is -4.79. The average Bonchev–Trinajstić information content (AvgIpc) is 3.39. The fourth-order valence-corrected chi connectivity index (χ4v) is 2.31. The Morgan fingerprint density at radius 3 is 2.48 bits per heavy atom. The lowest BCUT2D eigenvalue weighted by molar-refractivity contribution is -0.207. The third kappa shape index (κ3) is 3.96. The highest BCUT2D eigenvalue weighted by molar-refractivity contribution is 5.94. The summed E-state index contributed by atoms with van der Waals surface area (Å²) in [6, 6.07) is 6.31.